The van der Waals surface area contributed by atoms with E-state index in [0.29, 0.717) is 10.6 Å². The number of aliphatic carboxylic acids is 2. The normalized spacial score (nSPS) is 12.4. The van der Waals surface area contributed by atoms with Crippen molar-refractivity contribution in [1.29, 1.82) is 0 Å². The molecule has 3 N–H and O–H groups in total. The van der Waals surface area contributed by atoms with E-state index < -0.39 is 24.5 Å². The maximum absolute atomic E-state index is 10.9. The fraction of sp³-hybridized carbons (Fsp3) is 0.273. The zero-order chi connectivity index (χ0) is 12.8. The lowest BCUT2D eigenvalue weighted by atomic mass is 10.1. The molecular weight excluding hydrogens is 226 g/mol. The van der Waals surface area contributed by atoms with Crippen LogP contribution in [-0.4, -0.2) is 45.0 Å². The third kappa shape index (κ3) is 4.21. The zero-order valence-corrected chi connectivity index (χ0v) is 8.98. The quantitative estimate of drug-likeness (QED) is 0.624. The summed E-state index contributed by atoms with van der Waals surface area (Å²) in [6.07, 6.45) is 0.0416. The lowest BCUT2D eigenvalue weighted by molar-refractivity contribution is -0.176. The lowest BCUT2D eigenvalue weighted by Crippen LogP contribution is -2.43. The van der Waals surface area contributed by atoms with Gasteiger partial charge in [-0.05, 0) is 5.56 Å². The molecule has 0 amide bonds. The number of hydroxylamine groups is 2. The third-order valence-corrected chi connectivity index (χ3v) is 2.21. The minimum Gasteiger partial charge on any atom is -0.480 e. The van der Waals surface area contributed by atoms with Crippen molar-refractivity contribution >= 4 is 11.9 Å². The molecule has 1 atom stereocenters. The first-order chi connectivity index (χ1) is 8.00. The molecule has 1 rings (SSSR count). The first-order valence-electron chi connectivity index (χ1n) is 4.94. The summed E-state index contributed by atoms with van der Waals surface area (Å²) < 4.78 is 0. The Morgan fingerprint density at radius 3 is 2.24 bits per heavy atom. The predicted octanol–water partition coefficient (Wildman–Crippen LogP) is 0.458. The molecule has 0 bridgehead atoms. The van der Waals surface area contributed by atoms with Gasteiger partial charge in [0.1, 0.15) is 12.6 Å². The van der Waals surface area contributed by atoms with E-state index in [-0.39, 0.29) is 6.42 Å². The fourth-order valence-corrected chi connectivity index (χ4v) is 1.41. The summed E-state index contributed by atoms with van der Waals surface area (Å²) in [5, 5.41) is 27.1. The molecule has 17 heavy (non-hydrogen) atoms. The number of benzene rings is 1. The van der Waals surface area contributed by atoms with Gasteiger partial charge in [-0.15, -0.1) is 0 Å². The molecule has 0 aliphatic heterocycles. The molecule has 6 heteroatoms. The second kappa shape index (κ2) is 5.97. The molecule has 0 aliphatic rings. The number of hydrogen-bond donors (Lipinski definition) is 3. The SMILES string of the molecule is O=C(O)CN(O)C(Cc1ccccc1)C(=O)O. The highest BCUT2D eigenvalue weighted by molar-refractivity contribution is 5.75. The average molecular weight is 239 g/mol. The molecule has 1 unspecified atom stereocenters. The Balaban J connectivity index is 2.73. The van der Waals surface area contributed by atoms with E-state index in [4.69, 9.17) is 10.2 Å². The van der Waals surface area contributed by atoms with Gasteiger partial charge in [-0.2, -0.15) is 5.06 Å². The summed E-state index contributed by atoms with van der Waals surface area (Å²) in [7, 11) is 0. The van der Waals surface area contributed by atoms with E-state index in [1.54, 1.807) is 30.3 Å². The van der Waals surface area contributed by atoms with Crippen molar-refractivity contribution < 1.29 is 25.0 Å². The summed E-state index contributed by atoms with van der Waals surface area (Å²) in [6.45, 7) is -0.732. The van der Waals surface area contributed by atoms with Crippen molar-refractivity contribution in [2.75, 3.05) is 6.54 Å². The van der Waals surface area contributed by atoms with Gasteiger partial charge in [0.05, 0.1) is 0 Å². The van der Waals surface area contributed by atoms with Gasteiger partial charge < -0.3 is 15.4 Å². The van der Waals surface area contributed by atoms with Gasteiger partial charge in [-0.25, -0.2) is 0 Å². The summed E-state index contributed by atoms with van der Waals surface area (Å²) in [6, 6.07) is 7.43. The van der Waals surface area contributed by atoms with Crippen LogP contribution >= 0.6 is 0 Å². The smallest absolute Gasteiger partial charge is 0.323 e. The number of carboxylic acid groups (broad SMARTS) is 2. The van der Waals surface area contributed by atoms with Crippen LogP contribution in [0.1, 0.15) is 5.56 Å². The van der Waals surface area contributed by atoms with Crippen molar-refractivity contribution in [2.45, 2.75) is 12.5 Å². The minimum atomic E-state index is -1.29. The van der Waals surface area contributed by atoms with Crippen molar-refractivity contribution in [1.82, 2.24) is 5.06 Å². The Hall–Kier alpha value is -1.92. The van der Waals surface area contributed by atoms with E-state index in [9.17, 15) is 14.8 Å². The monoisotopic (exact) mass is 239 g/mol. The van der Waals surface area contributed by atoms with Crippen LogP contribution in [0.15, 0.2) is 30.3 Å². The molecule has 0 spiro atoms. The summed E-state index contributed by atoms with van der Waals surface area (Å²) >= 11 is 0. The van der Waals surface area contributed by atoms with Crippen LogP contribution in [0.5, 0.6) is 0 Å². The minimum absolute atomic E-state index is 0.0416. The predicted molar refractivity (Wildman–Crippen MR) is 57.7 cm³/mol. The van der Waals surface area contributed by atoms with Gasteiger partial charge in [-0.3, -0.25) is 9.59 Å². The van der Waals surface area contributed by atoms with Crippen LogP contribution < -0.4 is 0 Å². The number of nitrogens with zero attached hydrogens (tertiary/aromatic N) is 1. The fourth-order valence-electron chi connectivity index (χ4n) is 1.41. The molecule has 1 aromatic rings. The van der Waals surface area contributed by atoms with Crippen molar-refractivity contribution in [2.24, 2.45) is 0 Å². The highest BCUT2D eigenvalue weighted by atomic mass is 16.5. The molecule has 0 saturated heterocycles. The molecule has 0 aromatic heterocycles. The van der Waals surface area contributed by atoms with Crippen LogP contribution in [0.2, 0.25) is 0 Å². The van der Waals surface area contributed by atoms with Crippen molar-refractivity contribution in [3.05, 3.63) is 35.9 Å². The van der Waals surface area contributed by atoms with Gasteiger partial charge >= 0.3 is 11.9 Å². The van der Waals surface area contributed by atoms with Crippen molar-refractivity contribution in [3.63, 3.8) is 0 Å². The molecule has 0 fully saturated rings. The lowest BCUT2D eigenvalue weighted by Gasteiger charge is -2.20. The molecule has 0 aliphatic carbocycles. The summed E-state index contributed by atoms with van der Waals surface area (Å²) in [4.78, 5) is 21.3. The Bertz CT molecular complexity index is 392. The van der Waals surface area contributed by atoms with Gasteiger partial charge in [-0.1, -0.05) is 30.3 Å². The van der Waals surface area contributed by atoms with Gasteiger partial charge in [0.15, 0.2) is 0 Å². The van der Waals surface area contributed by atoms with Gasteiger partial charge in [0, 0.05) is 6.42 Å². The standard InChI is InChI=1S/C11H13NO5/c13-10(14)7-12(17)9(11(15)16)6-8-4-2-1-3-5-8/h1-5,9,17H,6-7H2,(H,13,14)(H,15,16). The topological polar surface area (TPSA) is 98.1 Å². The van der Waals surface area contributed by atoms with E-state index >= 15 is 0 Å². The number of carbonyl (C=O) groups is 2. The maximum Gasteiger partial charge on any atom is 0.323 e. The van der Waals surface area contributed by atoms with E-state index in [2.05, 4.69) is 0 Å². The van der Waals surface area contributed by atoms with Crippen molar-refractivity contribution in [3.8, 4) is 0 Å². The summed E-state index contributed by atoms with van der Waals surface area (Å²) in [5.74, 6) is -2.55. The number of hydrogen-bond acceptors (Lipinski definition) is 4. The van der Waals surface area contributed by atoms with Gasteiger partial charge in [0.2, 0.25) is 0 Å². The maximum atomic E-state index is 10.9. The highest BCUT2D eigenvalue weighted by Gasteiger charge is 2.26. The first-order valence-corrected chi connectivity index (χ1v) is 4.94. The largest absolute Gasteiger partial charge is 0.480 e. The van der Waals surface area contributed by atoms with E-state index in [0.717, 1.165) is 0 Å². The molecule has 6 nitrogen and oxygen atoms in total. The Labute approximate surface area is 97.7 Å². The van der Waals surface area contributed by atoms with Crippen LogP contribution in [0, 0.1) is 0 Å². The zero-order valence-electron chi connectivity index (χ0n) is 8.98. The van der Waals surface area contributed by atoms with Crippen LogP contribution in [0.4, 0.5) is 0 Å². The van der Waals surface area contributed by atoms with E-state index in [1.807, 2.05) is 0 Å². The Morgan fingerprint density at radius 2 is 1.76 bits per heavy atom. The summed E-state index contributed by atoms with van der Waals surface area (Å²) in [5.41, 5.74) is 0.712. The van der Waals surface area contributed by atoms with E-state index in [1.165, 1.54) is 0 Å². The molecule has 1 aromatic carbocycles. The number of rotatable bonds is 6. The highest BCUT2D eigenvalue weighted by Crippen LogP contribution is 2.07. The average Bonchev–Trinajstić information content (AvgIpc) is 2.25. The number of carboxylic acids is 2. The van der Waals surface area contributed by atoms with Gasteiger partial charge in [0.25, 0.3) is 0 Å². The molecule has 92 valence electrons. The molecular formula is C11H13NO5. The van der Waals surface area contributed by atoms with Crippen LogP contribution in [0.25, 0.3) is 0 Å². The Kier molecular flexibility index (Phi) is 4.62. The van der Waals surface area contributed by atoms with Crippen LogP contribution in [-0.2, 0) is 16.0 Å². The second-order valence-corrected chi connectivity index (χ2v) is 3.54. The molecule has 0 saturated carbocycles. The molecule has 0 radical (unpaired) electrons. The first kappa shape index (κ1) is 13.1. The second-order valence-electron chi connectivity index (χ2n) is 3.54. The third-order valence-electron chi connectivity index (χ3n) is 2.21. The molecule has 0 heterocycles. The van der Waals surface area contributed by atoms with Crippen LogP contribution in [0.3, 0.4) is 0 Å². The Morgan fingerprint density at radius 1 is 1.18 bits per heavy atom.